The van der Waals surface area contributed by atoms with Crippen LogP contribution in [0.4, 0.5) is 0 Å². The van der Waals surface area contributed by atoms with E-state index in [1.54, 1.807) is 0 Å². The second-order valence-electron chi connectivity index (χ2n) is 3.74. The molecule has 1 atom stereocenters. The van der Waals surface area contributed by atoms with Crippen molar-refractivity contribution in [2.45, 2.75) is 31.8 Å². The second kappa shape index (κ2) is 6.56. The van der Waals surface area contributed by atoms with Crippen LogP contribution < -0.4 is 0 Å². The molecule has 1 N–H and O–H groups in total. The van der Waals surface area contributed by atoms with Crippen LogP contribution in [0.25, 0.3) is 0 Å². The number of hydrogen-bond acceptors (Lipinski definition) is 2. The van der Waals surface area contributed by atoms with Gasteiger partial charge in [0, 0.05) is 15.1 Å². The molecule has 15 heavy (non-hydrogen) atoms. The van der Waals surface area contributed by atoms with Crippen LogP contribution >= 0.6 is 27.7 Å². The van der Waals surface area contributed by atoms with Crippen molar-refractivity contribution in [2.24, 2.45) is 5.92 Å². The molecule has 84 valence electrons. The van der Waals surface area contributed by atoms with Gasteiger partial charge in [0.25, 0.3) is 0 Å². The molecule has 0 aromatic heterocycles. The minimum Gasteiger partial charge on any atom is -0.392 e. The highest BCUT2D eigenvalue weighted by atomic mass is 79.9. The lowest BCUT2D eigenvalue weighted by atomic mass is 10.2. The fourth-order valence-corrected chi connectivity index (χ4v) is 2.84. The third kappa shape index (κ3) is 4.17. The van der Waals surface area contributed by atoms with Gasteiger partial charge in [-0.3, -0.25) is 0 Å². The summed E-state index contributed by atoms with van der Waals surface area (Å²) in [5.74, 6) is 1.91. The van der Waals surface area contributed by atoms with Crippen LogP contribution in [0.15, 0.2) is 27.6 Å². The van der Waals surface area contributed by atoms with Crippen LogP contribution in [-0.4, -0.2) is 10.9 Å². The van der Waals surface area contributed by atoms with Crippen molar-refractivity contribution in [3.8, 4) is 0 Å². The fraction of sp³-hybridized carbons (Fsp3) is 0.500. The first-order valence-corrected chi connectivity index (χ1v) is 6.97. The van der Waals surface area contributed by atoms with Crippen LogP contribution in [0, 0.1) is 5.92 Å². The average molecular weight is 289 g/mol. The molecular weight excluding hydrogens is 272 g/mol. The van der Waals surface area contributed by atoms with Crippen LogP contribution in [0.5, 0.6) is 0 Å². The SMILES string of the molecule is CCC(C)CSc1ccc(CO)c(Br)c1. The van der Waals surface area contributed by atoms with Crippen molar-refractivity contribution in [3.63, 3.8) is 0 Å². The predicted molar refractivity (Wildman–Crippen MR) is 70.2 cm³/mol. The summed E-state index contributed by atoms with van der Waals surface area (Å²) in [6, 6.07) is 6.13. The Morgan fingerprint density at radius 2 is 2.20 bits per heavy atom. The smallest absolute Gasteiger partial charge is 0.0692 e. The van der Waals surface area contributed by atoms with Gasteiger partial charge in [-0.15, -0.1) is 11.8 Å². The van der Waals surface area contributed by atoms with E-state index in [4.69, 9.17) is 5.11 Å². The Bertz CT molecular complexity index is 314. The minimum absolute atomic E-state index is 0.0941. The minimum atomic E-state index is 0.0941. The largest absolute Gasteiger partial charge is 0.392 e. The average Bonchev–Trinajstić information content (AvgIpc) is 2.26. The molecule has 1 aromatic carbocycles. The van der Waals surface area contributed by atoms with Gasteiger partial charge in [-0.2, -0.15) is 0 Å². The third-order valence-electron chi connectivity index (χ3n) is 2.43. The van der Waals surface area contributed by atoms with Crippen molar-refractivity contribution in [3.05, 3.63) is 28.2 Å². The van der Waals surface area contributed by atoms with Crippen molar-refractivity contribution in [1.29, 1.82) is 0 Å². The summed E-state index contributed by atoms with van der Waals surface area (Å²) in [6.07, 6.45) is 1.23. The summed E-state index contributed by atoms with van der Waals surface area (Å²) in [6.45, 7) is 4.58. The van der Waals surface area contributed by atoms with Gasteiger partial charge in [-0.05, 0) is 23.6 Å². The van der Waals surface area contributed by atoms with Gasteiger partial charge in [0.05, 0.1) is 6.61 Å². The first-order chi connectivity index (χ1) is 7.17. The van der Waals surface area contributed by atoms with Gasteiger partial charge in [0.15, 0.2) is 0 Å². The Morgan fingerprint density at radius 1 is 1.47 bits per heavy atom. The molecule has 0 saturated carbocycles. The molecule has 0 radical (unpaired) electrons. The van der Waals surface area contributed by atoms with Crippen LogP contribution in [0.1, 0.15) is 25.8 Å². The number of benzene rings is 1. The topological polar surface area (TPSA) is 20.2 Å². The summed E-state index contributed by atoms with van der Waals surface area (Å²) < 4.78 is 0.999. The van der Waals surface area contributed by atoms with E-state index in [1.807, 2.05) is 17.8 Å². The zero-order valence-corrected chi connectivity index (χ0v) is 11.6. The predicted octanol–water partition coefficient (Wildman–Crippen LogP) is 4.08. The molecule has 0 heterocycles. The molecule has 1 aromatic rings. The molecule has 1 nitrogen and oxygen atoms in total. The van der Waals surface area contributed by atoms with Crippen molar-refractivity contribution in [1.82, 2.24) is 0 Å². The molecule has 0 aliphatic rings. The van der Waals surface area contributed by atoms with Crippen LogP contribution in [0.3, 0.4) is 0 Å². The quantitative estimate of drug-likeness (QED) is 0.824. The summed E-state index contributed by atoms with van der Waals surface area (Å²) in [5.41, 5.74) is 0.947. The highest BCUT2D eigenvalue weighted by molar-refractivity contribution is 9.10. The van der Waals surface area contributed by atoms with Gasteiger partial charge in [0.1, 0.15) is 0 Å². The van der Waals surface area contributed by atoms with E-state index in [2.05, 4.69) is 41.9 Å². The molecule has 0 aliphatic heterocycles. The van der Waals surface area contributed by atoms with E-state index in [0.717, 1.165) is 21.7 Å². The molecule has 0 fully saturated rings. The van der Waals surface area contributed by atoms with Gasteiger partial charge in [0.2, 0.25) is 0 Å². The lowest BCUT2D eigenvalue weighted by Gasteiger charge is -2.09. The van der Waals surface area contributed by atoms with Gasteiger partial charge < -0.3 is 5.11 Å². The maximum Gasteiger partial charge on any atom is 0.0692 e. The van der Waals surface area contributed by atoms with Crippen molar-refractivity contribution in [2.75, 3.05) is 5.75 Å². The number of hydrogen-bond donors (Lipinski definition) is 1. The standard InChI is InChI=1S/C12H17BrOS/c1-3-9(2)8-15-11-5-4-10(7-14)12(13)6-11/h4-6,9,14H,3,7-8H2,1-2H3. The molecule has 3 heteroatoms. The number of rotatable bonds is 5. The van der Waals surface area contributed by atoms with E-state index in [-0.39, 0.29) is 6.61 Å². The zero-order valence-electron chi connectivity index (χ0n) is 9.16. The monoisotopic (exact) mass is 288 g/mol. The third-order valence-corrected chi connectivity index (χ3v) is 4.49. The Balaban J connectivity index is 2.59. The molecule has 0 spiro atoms. The maximum absolute atomic E-state index is 9.03. The van der Waals surface area contributed by atoms with Crippen LogP contribution in [-0.2, 0) is 6.61 Å². The first-order valence-electron chi connectivity index (χ1n) is 5.19. The lowest BCUT2D eigenvalue weighted by Crippen LogP contribution is -1.95. The maximum atomic E-state index is 9.03. The normalized spacial score (nSPS) is 12.8. The fourth-order valence-electron chi connectivity index (χ4n) is 1.10. The molecular formula is C12H17BrOS. The van der Waals surface area contributed by atoms with Gasteiger partial charge in [-0.25, -0.2) is 0 Å². The molecule has 0 saturated heterocycles. The van der Waals surface area contributed by atoms with Crippen LogP contribution in [0.2, 0.25) is 0 Å². The Labute approximate surface area is 104 Å². The van der Waals surface area contributed by atoms with Gasteiger partial charge >= 0.3 is 0 Å². The second-order valence-corrected chi connectivity index (χ2v) is 5.68. The molecule has 0 bridgehead atoms. The summed E-state index contributed by atoms with van der Waals surface area (Å²) in [7, 11) is 0. The molecule has 1 rings (SSSR count). The summed E-state index contributed by atoms with van der Waals surface area (Å²) in [4.78, 5) is 1.26. The van der Waals surface area contributed by atoms with E-state index in [1.165, 1.54) is 11.3 Å². The first kappa shape index (κ1) is 13.1. The van der Waals surface area contributed by atoms with E-state index >= 15 is 0 Å². The van der Waals surface area contributed by atoms with Gasteiger partial charge in [-0.1, -0.05) is 42.3 Å². The number of aliphatic hydroxyl groups excluding tert-OH is 1. The highest BCUT2D eigenvalue weighted by Gasteiger charge is 2.03. The number of halogens is 1. The number of aliphatic hydroxyl groups is 1. The Morgan fingerprint density at radius 3 is 2.73 bits per heavy atom. The van der Waals surface area contributed by atoms with Crippen molar-refractivity contribution < 1.29 is 5.11 Å². The highest BCUT2D eigenvalue weighted by Crippen LogP contribution is 2.27. The molecule has 0 amide bonds. The zero-order chi connectivity index (χ0) is 11.3. The van der Waals surface area contributed by atoms with Crippen molar-refractivity contribution >= 4 is 27.7 Å². The Hall–Kier alpha value is 0.01000. The van der Waals surface area contributed by atoms with E-state index < -0.39 is 0 Å². The molecule has 1 unspecified atom stereocenters. The molecule has 0 aliphatic carbocycles. The van der Waals surface area contributed by atoms with E-state index in [9.17, 15) is 0 Å². The van der Waals surface area contributed by atoms with E-state index in [0.29, 0.717) is 0 Å². The lowest BCUT2D eigenvalue weighted by molar-refractivity contribution is 0.281. The summed E-state index contributed by atoms with van der Waals surface area (Å²) >= 11 is 5.33. The Kier molecular flexibility index (Phi) is 5.72. The number of thioether (sulfide) groups is 1. The summed E-state index contributed by atoms with van der Waals surface area (Å²) in [5, 5.41) is 9.03.